The lowest BCUT2D eigenvalue weighted by Crippen LogP contribution is -2.37. The number of hydrogen-bond acceptors (Lipinski definition) is 15. The fourth-order valence-corrected chi connectivity index (χ4v) is 6.61. The van der Waals surface area contributed by atoms with Gasteiger partial charge < -0.3 is 24.6 Å². The molecule has 0 bridgehead atoms. The van der Waals surface area contributed by atoms with E-state index in [1.807, 2.05) is 4.90 Å². The topological polar surface area (TPSA) is 182 Å². The maximum atomic E-state index is 14.2. The fraction of sp³-hybridized carbons (Fsp3) is 0.304. The largest absolute Gasteiger partial charge is 0.416 e. The molecule has 0 aliphatic carbocycles. The monoisotopic (exact) mass is 966 g/mol. The molecule has 6 heterocycles. The molecule has 0 amide bonds. The second kappa shape index (κ2) is 23.7. The minimum atomic E-state index is -4.41. The Morgan fingerprint density at radius 3 is 1.81 bits per heavy atom. The number of nitrogens with one attached hydrogen (secondary N) is 2. The third kappa shape index (κ3) is 15.1. The summed E-state index contributed by atoms with van der Waals surface area (Å²) in [5.74, 6) is 5.17. The number of nitrogens with zero attached hydrogens (tertiary/aromatic N) is 9. The zero-order valence-electron chi connectivity index (χ0n) is 37.2. The molecule has 15 nitrogen and oxygen atoms in total. The minimum Gasteiger partial charge on any atom is -0.378 e. The minimum absolute atomic E-state index is 0.143. The van der Waals surface area contributed by atoms with Crippen molar-refractivity contribution in [2.75, 3.05) is 73.1 Å². The standard InChI is InChI=1S/C23H22F4N6O.C15H12F3NO.C8H12FN5O/c1-15(28-14-21-30-13-19(24)22(32-21)33-7-9-34-10-8-33)20-6-5-18(12-29-20)31-17-4-2-3-16(11-17)23(25,26)27;1-10(20)14-6-5-12(9-19-14)7-11-3-2-4-13(8-11)15(16,17)18;9-6-5-11-8(13-10)12-7(6)14-1-3-15-4-2-14/h2-6,11-13,31H,7-10,14H2,1H3;2-6,8-9H,7H2,1H3;5H,1-4,10H2,(H,11,12,13). The Bertz CT molecular complexity index is 2660. The van der Waals surface area contributed by atoms with Crippen LogP contribution in [0.3, 0.4) is 0 Å². The number of nitrogen functional groups attached to an aromatic ring is 1. The first-order valence-electron chi connectivity index (χ1n) is 21.2. The van der Waals surface area contributed by atoms with Gasteiger partial charge in [-0.3, -0.25) is 25.2 Å². The van der Waals surface area contributed by atoms with Crippen LogP contribution in [-0.2, 0) is 34.8 Å². The number of hydrogen-bond donors (Lipinski definition) is 3. The Labute approximate surface area is 390 Å². The number of anilines is 5. The highest BCUT2D eigenvalue weighted by Crippen LogP contribution is 2.32. The van der Waals surface area contributed by atoms with Gasteiger partial charge in [0.1, 0.15) is 5.69 Å². The van der Waals surface area contributed by atoms with E-state index in [0.717, 1.165) is 42.2 Å². The molecule has 2 aromatic carbocycles. The predicted octanol–water partition coefficient (Wildman–Crippen LogP) is 8.25. The maximum absolute atomic E-state index is 14.2. The average Bonchev–Trinajstić information content (AvgIpc) is 3.35. The zero-order valence-corrected chi connectivity index (χ0v) is 37.2. The van der Waals surface area contributed by atoms with Crippen molar-refractivity contribution in [3.8, 4) is 0 Å². The predicted molar refractivity (Wildman–Crippen MR) is 241 cm³/mol. The van der Waals surface area contributed by atoms with Crippen molar-refractivity contribution in [1.82, 2.24) is 29.9 Å². The summed E-state index contributed by atoms with van der Waals surface area (Å²) < 4.78 is 115. The summed E-state index contributed by atoms with van der Waals surface area (Å²) in [5, 5.41) is 2.91. The number of rotatable bonds is 11. The van der Waals surface area contributed by atoms with Gasteiger partial charge in [-0.05, 0) is 66.9 Å². The van der Waals surface area contributed by atoms with E-state index in [1.54, 1.807) is 48.2 Å². The van der Waals surface area contributed by atoms with Gasteiger partial charge in [0.2, 0.25) is 5.95 Å². The van der Waals surface area contributed by atoms with Gasteiger partial charge in [0.05, 0.1) is 79.8 Å². The van der Waals surface area contributed by atoms with Gasteiger partial charge in [0.15, 0.2) is 34.9 Å². The number of Topliss-reactive ketones (excluding diaryl/α,β-unsaturated/α-hetero) is 1. The van der Waals surface area contributed by atoms with E-state index in [0.29, 0.717) is 98.9 Å². The molecule has 0 atom stereocenters. The first-order valence-corrected chi connectivity index (χ1v) is 21.2. The second-order valence-electron chi connectivity index (χ2n) is 15.2. The molecule has 2 saturated heterocycles. The molecule has 69 heavy (non-hydrogen) atoms. The van der Waals surface area contributed by atoms with Gasteiger partial charge in [-0.2, -0.15) is 31.3 Å². The van der Waals surface area contributed by atoms with Crippen LogP contribution in [0.4, 0.5) is 64.1 Å². The van der Waals surface area contributed by atoms with Crippen molar-refractivity contribution in [2.45, 2.75) is 39.2 Å². The van der Waals surface area contributed by atoms with E-state index >= 15 is 0 Å². The van der Waals surface area contributed by atoms with E-state index in [-0.39, 0.29) is 29.9 Å². The molecule has 4 N–H and O–H groups in total. The quantitative estimate of drug-likeness (QED) is 0.0371. The Hall–Kier alpha value is -7.24. The molecule has 4 aromatic heterocycles. The molecule has 0 unspecified atom stereocenters. The lowest BCUT2D eigenvalue weighted by atomic mass is 10.0. The van der Waals surface area contributed by atoms with Crippen molar-refractivity contribution < 1.29 is 49.4 Å². The Balaban J connectivity index is 0.000000188. The number of halogens is 8. The summed E-state index contributed by atoms with van der Waals surface area (Å²) in [5.41, 5.74) is 4.59. The van der Waals surface area contributed by atoms with E-state index in [1.165, 1.54) is 31.5 Å². The molecule has 6 aromatic rings. The molecule has 0 saturated carbocycles. The van der Waals surface area contributed by atoms with E-state index in [9.17, 15) is 39.9 Å². The van der Waals surface area contributed by atoms with Crippen molar-refractivity contribution in [1.29, 1.82) is 0 Å². The average molecular weight is 967 g/mol. The van der Waals surface area contributed by atoms with Gasteiger partial charge in [-0.15, -0.1) is 0 Å². The number of ether oxygens (including phenoxy) is 2. The number of morpholine rings is 2. The molecular formula is C46H46F8N12O3. The van der Waals surface area contributed by atoms with Gasteiger partial charge in [-0.25, -0.2) is 29.6 Å². The van der Waals surface area contributed by atoms with Gasteiger partial charge in [0.25, 0.3) is 0 Å². The first-order chi connectivity index (χ1) is 33.0. The molecule has 23 heteroatoms. The Morgan fingerprint density at radius 2 is 1.25 bits per heavy atom. The van der Waals surface area contributed by atoms with Gasteiger partial charge in [-0.1, -0.05) is 30.3 Å². The summed E-state index contributed by atoms with van der Waals surface area (Å²) in [7, 11) is 0. The number of carbonyl (C=O) groups excluding carboxylic acids is 1. The van der Waals surface area contributed by atoms with Crippen molar-refractivity contribution >= 4 is 40.5 Å². The normalized spacial score (nSPS) is 14.2. The highest BCUT2D eigenvalue weighted by Gasteiger charge is 2.31. The molecule has 0 radical (unpaired) electrons. The van der Waals surface area contributed by atoms with Crippen LogP contribution in [0.25, 0.3) is 0 Å². The first kappa shape index (κ1) is 51.2. The number of aromatic nitrogens is 6. The lowest BCUT2D eigenvalue weighted by molar-refractivity contribution is -0.138. The van der Waals surface area contributed by atoms with Crippen LogP contribution in [0, 0.1) is 11.6 Å². The van der Waals surface area contributed by atoms with E-state index in [4.69, 9.17) is 15.3 Å². The molecule has 2 fully saturated rings. The Kier molecular flexibility index (Phi) is 17.5. The molecular weight excluding hydrogens is 921 g/mol. The summed E-state index contributed by atoms with van der Waals surface area (Å²) in [6.07, 6.45) is -3.14. The molecule has 364 valence electrons. The van der Waals surface area contributed by atoms with Crippen LogP contribution in [0.5, 0.6) is 0 Å². The second-order valence-corrected chi connectivity index (χ2v) is 15.2. The van der Waals surface area contributed by atoms with Crippen LogP contribution in [0.1, 0.15) is 58.1 Å². The fourth-order valence-electron chi connectivity index (χ4n) is 6.61. The number of carbonyl (C=O) groups is 1. The van der Waals surface area contributed by atoms with Gasteiger partial charge in [0, 0.05) is 45.0 Å². The number of alkyl halides is 6. The smallest absolute Gasteiger partial charge is 0.378 e. The van der Waals surface area contributed by atoms with Gasteiger partial charge >= 0.3 is 12.4 Å². The molecule has 2 aliphatic heterocycles. The molecule has 0 spiro atoms. The lowest BCUT2D eigenvalue weighted by Gasteiger charge is -2.28. The van der Waals surface area contributed by atoms with Crippen molar-refractivity contribution in [3.63, 3.8) is 0 Å². The highest BCUT2D eigenvalue weighted by molar-refractivity contribution is 5.97. The molecule has 8 rings (SSSR count). The van der Waals surface area contributed by atoms with Crippen molar-refractivity contribution in [3.05, 3.63) is 149 Å². The maximum Gasteiger partial charge on any atom is 0.416 e. The van der Waals surface area contributed by atoms with Crippen LogP contribution < -0.4 is 26.4 Å². The van der Waals surface area contributed by atoms with Crippen molar-refractivity contribution in [2.24, 2.45) is 10.8 Å². The highest BCUT2D eigenvalue weighted by atomic mass is 19.4. The number of benzene rings is 2. The van der Waals surface area contributed by atoms with E-state index < -0.39 is 35.1 Å². The summed E-state index contributed by atoms with van der Waals surface area (Å²) in [4.78, 5) is 43.4. The number of nitrogens with two attached hydrogens (primary N) is 1. The van der Waals surface area contributed by atoms with E-state index in [2.05, 4.69) is 45.6 Å². The Morgan fingerprint density at radius 1 is 0.667 bits per heavy atom. The SMILES string of the molecule is CC(=NCc1ncc(F)c(N2CCOCC2)n1)c1ccc(Nc2cccc(C(F)(F)F)c2)cn1.CC(=O)c1ccc(Cc2cccc(C(F)(F)F)c2)cn1.NNc1ncc(F)c(N2CCOCC2)n1. The number of aliphatic imine (C=N–C) groups is 1. The molecule has 2 aliphatic rings. The third-order valence-corrected chi connectivity index (χ3v) is 10.2. The van der Waals surface area contributed by atoms with Crippen LogP contribution in [0.15, 0.2) is 103 Å². The van der Waals surface area contributed by atoms with Crippen LogP contribution >= 0.6 is 0 Å². The number of ketones is 1. The summed E-state index contributed by atoms with van der Waals surface area (Å²) in [6, 6.07) is 16.8. The summed E-state index contributed by atoms with van der Waals surface area (Å²) >= 11 is 0. The van der Waals surface area contributed by atoms with Crippen LogP contribution in [0.2, 0.25) is 0 Å². The number of hydrazine groups is 1. The third-order valence-electron chi connectivity index (χ3n) is 10.2. The van der Waals surface area contributed by atoms with Crippen LogP contribution in [-0.4, -0.2) is 94.0 Å². The summed E-state index contributed by atoms with van der Waals surface area (Å²) in [6.45, 7) is 7.87. The zero-order chi connectivity index (χ0) is 49.6. The number of pyridine rings is 2.